The number of hydrogen-bond acceptors (Lipinski definition) is 3. The number of benzene rings is 5. The summed E-state index contributed by atoms with van der Waals surface area (Å²) in [4.78, 5) is 4.86. The van der Waals surface area contributed by atoms with Crippen LogP contribution in [0.5, 0.6) is 5.75 Å². The maximum Gasteiger partial charge on any atom is 0.179 e. The van der Waals surface area contributed by atoms with E-state index in [1.165, 1.54) is 20.7 Å². The lowest BCUT2D eigenvalue weighted by Crippen LogP contribution is -2.74. The predicted octanol–water partition coefficient (Wildman–Crippen LogP) is 5.05. The number of para-hydroxylation sites is 1. The summed E-state index contributed by atoms with van der Waals surface area (Å²) in [5.74, 6) is 0.258. The highest BCUT2D eigenvalue weighted by molar-refractivity contribution is 7.23. The quantitative estimate of drug-likeness (QED) is 0.274. The topological polar surface area (TPSA) is 33.1 Å². The first-order valence-corrected chi connectivity index (χ1v) is 14.4. The van der Waals surface area contributed by atoms with Gasteiger partial charge in [-0.25, -0.2) is 4.98 Å². The lowest BCUT2D eigenvalue weighted by Gasteiger charge is -2.34. The monoisotopic (exact) mass is 485 g/mol. The van der Waals surface area contributed by atoms with Crippen molar-refractivity contribution in [1.82, 2.24) is 4.98 Å². The van der Waals surface area contributed by atoms with Crippen LogP contribution in [0.15, 0.2) is 133 Å². The van der Waals surface area contributed by atoms with Crippen LogP contribution in [0.1, 0.15) is 0 Å². The van der Waals surface area contributed by atoms with E-state index in [9.17, 15) is 5.11 Å². The van der Waals surface area contributed by atoms with Crippen molar-refractivity contribution < 1.29 is 5.11 Å². The normalized spacial score (nSPS) is 11.5. The number of fused-ring (bicyclic) bond motifs is 1. The van der Waals surface area contributed by atoms with Crippen molar-refractivity contribution >= 4 is 50.4 Å². The van der Waals surface area contributed by atoms with E-state index in [4.69, 9.17) is 4.98 Å². The summed E-state index contributed by atoms with van der Waals surface area (Å²) < 4.78 is 1.13. The van der Waals surface area contributed by atoms with Gasteiger partial charge in [0.05, 0.1) is 15.8 Å². The maximum atomic E-state index is 10.4. The van der Waals surface area contributed by atoms with Crippen LogP contribution < -0.4 is 20.7 Å². The maximum absolute atomic E-state index is 10.4. The van der Waals surface area contributed by atoms with Gasteiger partial charge >= 0.3 is 0 Å². The van der Waals surface area contributed by atoms with Crippen molar-refractivity contribution in [2.24, 2.45) is 0 Å². The Hall–Kier alpha value is -3.99. The summed E-state index contributed by atoms with van der Waals surface area (Å²) >= 11 is 1.63. The largest absolute Gasteiger partial charge is 0.507 e. The molecule has 6 aromatic rings. The number of nitrogens with zero attached hydrogens (tertiary/aromatic N) is 1. The highest BCUT2D eigenvalue weighted by Gasteiger charge is 2.41. The molecule has 1 aromatic heterocycles. The van der Waals surface area contributed by atoms with Gasteiger partial charge in [-0.1, -0.05) is 109 Å². The Bertz CT molecular complexity index is 1500. The van der Waals surface area contributed by atoms with E-state index >= 15 is 0 Å². The minimum Gasteiger partial charge on any atom is -0.507 e. The average molecular weight is 486 g/mol. The Labute approximate surface area is 209 Å². The zero-order valence-corrected chi connectivity index (χ0v) is 20.8. The molecule has 0 aliphatic rings. The molecule has 2 nitrogen and oxygen atoms in total. The summed E-state index contributed by atoms with van der Waals surface area (Å²) in [7, 11) is -2.57. The molecule has 168 valence electrons. The van der Waals surface area contributed by atoms with Crippen LogP contribution in [-0.2, 0) is 0 Å². The van der Waals surface area contributed by atoms with Crippen LogP contribution in [0.25, 0.3) is 20.8 Å². The lowest BCUT2D eigenvalue weighted by molar-refractivity contribution is 0.477. The molecule has 5 aromatic carbocycles. The molecule has 0 unspecified atom stereocenters. The summed E-state index contributed by atoms with van der Waals surface area (Å²) in [6.07, 6.45) is 0. The van der Waals surface area contributed by atoms with Crippen LogP contribution in [0.2, 0.25) is 0 Å². The zero-order valence-electron chi connectivity index (χ0n) is 19.0. The number of aromatic nitrogens is 1. The standard InChI is InChI=1S/C31H23NOSSi/c33-29-19-11-10-18-27(29)31-32-28-21-20-26(22-30(28)34-31)35(23-12-4-1-5-13-23,24-14-6-2-7-15-24)25-16-8-3-9-17-25/h1-22,33H. The Kier molecular flexibility index (Phi) is 5.53. The molecule has 0 aliphatic carbocycles. The van der Waals surface area contributed by atoms with Crippen molar-refractivity contribution in [3.8, 4) is 16.3 Å². The molecule has 0 spiro atoms. The van der Waals surface area contributed by atoms with Crippen molar-refractivity contribution in [2.45, 2.75) is 0 Å². The molecule has 0 amide bonds. The zero-order chi connectivity index (χ0) is 23.7. The molecule has 0 fully saturated rings. The van der Waals surface area contributed by atoms with E-state index < -0.39 is 8.07 Å². The highest BCUT2D eigenvalue weighted by Crippen LogP contribution is 2.34. The fraction of sp³-hybridized carbons (Fsp3) is 0. The van der Waals surface area contributed by atoms with Crippen molar-refractivity contribution in [3.05, 3.63) is 133 Å². The van der Waals surface area contributed by atoms with Crippen LogP contribution in [0, 0.1) is 0 Å². The van der Waals surface area contributed by atoms with Gasteiger partial charge < -0.3 is 5.11 Å². The second-order valence-corrected chi connectivity index (χ2v) is 13.4. The third-order valence-corrected chi connectivity index (χ3v) is 12.4. The number of phenolic OH excluding ortho intramolecular Hbond substituents is 1. The molecular weight excluding hydrogens is 463 g/mol. The third kappa shape index (κ3) is 3.68. The number of rotatable bonds is 5. The molecule has 0 radical (unpaired) electrons. The van der Waals surface area contributed by atoms with E-state index in [1.54, 1.807) is 17.4 Å². The first-order valence-electron chi connectivity index (χ1n) is 11.6. The fourth-order valence-electron chi connectivity index (χ4n) is 4.99. The minimum atomic E-state index is -2.57. The van der Waals surface area contributed by atoms with E-state index in [0.29, 0.717) is 0 Å². The van der Waals surface area contributed by atoms with Gasteiger partial charge in [0.15, 0.2) is 8.07 Å². The predicted molar refractivity (Wildman–Crippen MR) is 150 cm³/mol. The van der Waals surface area contributed by atoms with E-state index in [-0.39, 0.29) is 5.75 Å². The average Bonchev–Trinajstić information content (AvgIpc) is 3.35. The van der Waals surface area contributed by atoms with Crippen molar-refractivity contribution in [2.75, 3.05) is 0 Å². The van der Waals surface area contributed by atoms with Gasteiger partial charge in [0, 0.05) is 0 Å². The van der Waals surface area contributed by atoms with Gasteiger partial charge in [-0.15, -0.1) is 11.3 Å². The van der Waals surface area contributed by atoms with Crippen LogP contribution in [0.4, 0.5) is 0 Å². The second kappa shape index (κ2) is 8.99. The molecule has 0 aliphatic heterocycles. The van der Waals surface area contributed by atoms with E-state index in [0.717, 1.165) is 20.8 Å². The van der Waals surface area contributed by atoms with Gasteiger partial charge in [0.25, 0.3) is 0 Å². The van der Waals surface area contributed by atoms with Crippen LogP contribution in [-0.4, -0.2) is 18.2 Å². The SMILES string of the molecule is Oc1ccccc1-c1nc2ccc([Si](c3ccccc3)(c3ccccc3)c3ccccc3)cc2s1. The lowest BCUT2D eigenvalue weighted by atomic mass is 10.2. The smallest absolute Gasteiger partial charge is 0.179 e. The van der Waals surface area contributed by atoms with Crippen molar-refractivity contribution in [1.29, 1.82) is 0 Å². The van der Waals surface area contributed by atoms with E-state index in [2.05, 4.69) is 109 Å². The Balaban J connectivity index is 1.64. The van der Waals surface area contributed by atoms with Crippen LogP contribution in [0.3, 0.4) is 0 Å². The molecule has 1 heterocycles. The molecule has 6 rings (SSSR count). The summed E-state index contributed by atoms with van der Waals surface area (Å²) in [5.41, 5.74) is 1.72. The van der Waals surface area contributed by atoms with Gasteiger partial charge in [0.1, 0.15) is 10.8 Å². The summed E-state index contributed by atoms with van der Waals surface area (Å²) in [5, 5.41) is 16.6. The van der Waals surface area contributed by atoms with Gasteiger partial charge in [-0.05, 0) is 45.0 Å². The number of hydrogen-bond donors (Lipinski definition) is 1. The van der Waals surface area contributed by atoms with Gasteiger partial charge in [-0.3, -0.25) is 0 Å². The van der Waals surface area contributed by atoms with E-state index in [1.807, 2.05) is 18.2 Å². The molecule has 4 heteroatoms. The molecule has 0 bridgehead atoms. The Morgan fingerprint density at radius 1 is 0.543 bits per heavy atom. The Morgan fingerprint density at radius 3 is 1.60 bits per heavy atom. The molecule has 1 N–H and O–H groups in total. The number of aromatic hydroxyl groups is 1. The van der Waals surface area contributed by atoms with Crippen LogP contribution >= 0.6 is 11.3 Å². The Morgan fingerprint density at radius 2 is 1.06 bits per heavy atom. The van der Waals surface area contributed by atoms with Crippen molar-refractivity contribution in [3.63, 3.8) is 0 Å². The first-order chi connectivity index (χ1) is 17.3. The van der Waals surface area contributed by atoms with Gasteiger partial charge in [-0.2, -0.15) is 0 Å². The van der Waals surface area contributed by atoms with Gasteiger partial charge in [0.2, 0.25) is 0 Å². The highest BCUT2D eigenvalue weighted by atomic mass is 32.1. The summed E-state index contributed by atoms with van der Waals surface area (Å²) in [6, 6.07) is 46.9. The second-order valence-electron chi connectivity index (χ2n) is 8.57. The molecule has 35 heavy (non-hydrogen) atoms. The number of phenols is 1. The first kappa shape index (κ1) is 21.5. The minimum absolute atomic E-state index is 0.258. The molecule has 0 atom stereocenters. The number of thiazole rings is 1. The fourth-order valence-corrected chi connectivity index (χ4v) is 10.9. The molecular formula is C31H23NOSSi. The summed E-state index contributed by atoms with van der Waals surface area (Å²) in [6.45, 7) is 0. The molecule has 0 saturated carbocycles. The third-order valence-electron chi connectivity index (χ3n) is 6.58. The molecule has 0 saturated heterocycles.